The van der Waals surface area contributed by atoms with E-state index in [2.05, 4.69) is 4.74 Å². The zero-order valence-electron chi connectivity index (χ0n) is 8.88. The number of thiophene rings is 1. The van der Waals surface area contributed by atoms with Gasteiger partial charge in [-0.3, -0.25) is 4.79 Å². The third-order valence-corrected chi connectivity index (χ3v) is 2.87. The van der Waals surface area contributed by atoms with Crippen molar-refractivity contribution in [3.8, 4) is 0 Å². The highest BCUT2D eigenvalue weighted by atomic mass is 32.1. The molecule has 0 spiro atoms. The van der Waals surface area contributed by atoms with Crippen LogP contribution in [0.2, 0.25) is 0 Å². The van der Waals surface area contributed by atoms with Gasteiger partial charge in [0, 0.05) is 11.4 Å². The van der Waals surface area contributed by atoms with Gasteiger partial charge in [-0.2, -0.15) is 0 Å². The van der Waals surface area contributed by atoms with Crippen LogP contribution in [0.4, 0.5) is 4.79 Å². The second-order valence-corrected chi connectivity index (χ2v) is 4.14. The van der Waals surface area contributed by atoms with Crippen LogP contribution < -0.4 is 0 Å². The van der Waals surface area contributed by atoms with Crippen molar-refractivity contribution in [2.45, 2.75) is 13.0 Å². The van der Waals surface area contributed by atoms with Crippen molar-refractivity contribution in [1.29, 1.82) is 0 Å². The summed E-state index contributed by atoms with van der Waals surface area (Å²) in [7, 11) is 1.28. The normalized spacial score (nSPS) is 9.81. The molecule has 0 aliphatic heterocycles. The van der Waals surface area contributed by atoms with Gasteiger partial charge in [-0.15, -0.1) is 11.3 Å². The first-order valence-corrected chi connectivity index (χ1v) is 5.58. The van der Waals surface area contributed by atoms with E-state index in [0.717, 1.165) is 4.88 Å². The second kappa shape index (κ2) is 6.12. The van der Waals surface area contributed by atoms with Crippen LogP contribution in [-0.4, -0.2) is 35.7 Å². The Balaban J connectivity index is 2.48. The van der Waals surface area contributed by atoms with Crippen LogP contribution in [0, 0.1) is 0 Å². The predicted octanol–water partition coefficient (Wildman–Crippen LogP) is 1.79. The van der Waals surface area contributed by atoms with Crippen molar-refractivity contribution in [2.75, 3.05) is 13.7 Å². The smallest absolute Gasteiger partial charge is 0.407 e. The molecule has 0 fully saturated rings. The predicted molar refractivity (Wildman–Crippen MR) is 59.4 cm³/mol. The summed E-state index contributed by atoms with van der Waals surface area (Å²) in [6.45, 7) is 0.462. The summed E-state index contributed by atoms with van der Waals surface area (Å²) in [5.41, 5.74) is 0. The number of amides is 1. The fourth-order valence-electron chi connectivity index (χ4n) is 1.16. The summed E-state index contributed by atoms with van der Waals surface area (Å²) in [6.07, 6.45) is -0.953. The number of methoxy groups -OCH3 is 1. The fraction of sp³-hybridized carbons (Fsp3) is 0.400. The van der Waals surface area contributed by atoms with Crippen molar-refractivity contribution in [3.05, 3.63) is 22.4 Å². The van der Waals surface area contributed by atoms with Crippen molar-refractivity contribution in [3.63, 3.8) is 0 Å². The minimum atomic E-state index is -1.03. The fourth-order valence-corrected chi connectivity index (χ4v) is 1.88. The molecule has 0 atom stereocenters. The highest BCUT2D eigenvalue weighted by molar-refractivity contribution is 7.09. The van der Waals surface area contributed by atoms with Gasteiger partial charge in [0.05, 0.1) is 20.1 Å². The molecule has 1 rings (SSSR count). The summed E-state index contributed by atoms with van der Waals surface area (Å²) in [4.78, 5) is 24.0. The van der Waals surface area contributed by atoms with E-state index in [1.807, 2.05) is 17.5 Å². The average molecular weight is 243 g/mol. The molecule has 0 aromatic carbocycles. The Morgan fingerprint density at radius 3 is 2.81 bits per heavy atom. The molecular formula is C10H13NO4S. The first-order valence-electron chi connectivity index (χ1n) is 4.70. The lowest BCUT2D eigenvalue weighted by Crippen LogP contribution is -2.31. The highest BCUT2D eigenvalue weighted by Crippen LogP contribution is 2.12. The van der Waals surface area contributed by atoms with Crippen LogP contribution in [0.5, 0.6) is 0 Å². The van der Waals surface area contributed by atoms with E-state index >= 15 is 0 Å². The Morgan fingerprint density at radius 1 is 1.56 bits per heavy atom. The van der Waals surface area contributed by atoms with Gasteiger partial charge in [0.1, 0.15) is 0 Å². The maximum absolute atomic E-state index is 10.9. The van der Waals surface area contributed by atoms with E-state index in [1.165, 1.54) is 23.3 Å². The largest absolute Gasteiger partial charge is 0.469 e. The van der Waals surface area contributed by atoms with Gasteiger partial charge < -0.3 is 14.7 Å². The van der Waals surface area contributed by atoms with E-state index in [9.17, 15) is 9.59 Å². The maximum atomic E-state index is 10.9. The van der Waals surface area contributed by atoms with Crippen molar-refractivity contribution >= 4 is 23.4 Å². The molecule has 0 aliphatic rings. The van der Waals surface area contributed by atoms with Crippen LogP contribution in [0.25, 0.3) is 0 Å². The number of hydrogen-bond acceptors (Lipinski definition) is 4. The van der Waals surface area contributed by atoms with Gasteiger partial charge in [-0.1, -0.05) is 6.07 Å². The summed E-state index contributed by atoms with van der Waals surface area (Å²) < 4.78 is 4.46. The number of carboxylic acid groups (broad SMARTS) is 1. The Morgan fingerprint density at radius 2 is 2.31 bits per heavy atom. The van der Waals surface area contributed by atoms with Gasteiger partial charge >= 0.3 is 12.1 Å². The Bertz CT molecular complexity index is 350. The van der Waals surface area contributed by atoms with Crippen LogP contribution in [-0.2, 0) is 16.1 Å². The van der Waals surface area contributed by atoms with Crippen LogP contribution in [0.3, 0.4) is 0 Å². The van der Waals surface area contributed by atoms with Crippen molar-refractivity contribution in [2.24, 2.45) is 0 Å². The standard InChI is InChI=1S/C10H13NO4S/c1-15-9(12)4-5-11(10(13)14)7-8-3-2-6-16-8/h2-3,6H,4-5,7H2,1H3,(H,13,14). The Kier molecular flexibility index (Phi) is 4.78. The Hall–Kier alpha value is -1.56. The summed E-state index contributed by atoms with van der Waals surface area (Å²) >= 11 is 1.49. The average Bonchev–Trinajstić information content (AvgIpc) is 2.75. The number of hydrogen-bond donors (Lipinski definition) is 1. The van der Waals surface area contributed by atoms with E-state index in [0.29, 0.717) is 6.54 Å². The SMILES string of the molecule is COC(=O)CCN(Cc1cccs1)C(=O)O. The first-order chi connectivity index (χ1) is 7.63. The van der Waals surface area contributed by atoms with Gasteiger partial charge in [0.2, 0.25) is 0 Å². The topological polar surface area (TPSA) is 66.8 Å². The molecule has 0 aliphatic carbocycles. The molecule has 1 N–H and O–H groups in total. The lowest BCUT2D eigenvalue weighted by atomic mass is 10.3. The molecule has 1 aromatic rings. The summed E-state index contributed by atoms with van der Waals surface area (Å²) in [5, 5.41) is 10.8. The van der Waals surface area contributed by atoms with Crippen LogP contribution in [0.15, 0.2) is 17.5 Å². The first kappa shape index (κ1) is 12.5. The Labute approximate surface area is 97.3 Å². The molecule has 0 bridgehead atoms. The van der Waals surface area contributed by atoms with Gasteiger partial charge in [-0.25, -0.2) is 4.79 Å². The van der Waals surface area contributed by atoms with E-state index in [-0.39, 0.29) is 13.0 Å². The third kappa shape index (κ3) is 3.90. The summed E-state index contributed by atoms with van der Waals surface area (Å²) in [6, 6.07) is 3.72. The van der Waals surface area contributed by atoms with E-state index in [4.69, 9.17) is 5.11 Å². The number of nitrogens with zero attached hydrogens (tertiary/aromatic N) is 1. The molecule has 88 valence electrons. The third-order valence-electron chi connectivity index (χ3n) is 2.01. The summed E-state index contributed by atoms with van der Waals surface area (Å²) in [5.74, 6) is -0.405. The molecule has 1 aromatic heterocycles. The lowest BCUT2D eigenvalue weighted by molar-refractivity contribution is -0.140. The molecular weight excluding hydrogens is 230 g/mol. The highest BCUT2D eigenvalue weighted by Gasteiger charge is 2.14. The number of carbonyl (C=O) groups excluding carboxylic acids is 1. The van der Waals surface area contributed by atoms with Crippen LogP contribution in [0.1, 0.15) is 11.3 Å². The molecule has 1 amide bonds. The zero-order valence-corrected chi connectivity index (χ0v) is 9.70. The molecule has 0 radical (unpaired) electrons. The quantitative estimate of drug-likeness (QED) is 0.801. The second-order valence-electron chi connectivity index (χ2n) is 3.11. The molecule has 16 heavy (non-hydrogen) atoms. The molecule has 6 heteroatoms. The number of rotatable bonds is 5. The van der Waals surface area contributed by atoms with Gasteiger partial charge in [-0.05, 0) is 11.4 Å². The molecule has 0 saturated carbocycles. The molecule has 0 saturated heterocycles. The monoisotopic (exact) mass is 243 g/mol. The van der Waals surface area contributed by atoms with Crippen molar-refractivity contribution < 1.29 is 19.4 Å². The van der Waals surface area contributed by atoms with Crippen LogP contribution >= 0.6 is 11.3 Å². The van der Waals surface area contributed by atoms with E-state index in [1.54, 1.807) is 0 Å². The molecule has 1 heterocycles. The maximum Gasteiger partial charge on any atom is 0.407 e. The number of carbonyl (C=O) groups is 2. The molecule has 0 unspecified atom stereocenters. The minimum absolute atomic E-state index is 0.0776. The lowest BCUT2D eigenvalue weighted by Gasteiger charge is -2.17. The van der Waals surface area contributed by atoms with Gasteiger partial charge in [0.15, 0.2) is 0 Å². The number of ether oxygens (including phenoxy) is 1. The number of esters is 1. The van der Waals surface area contributed by atoms with E-state index < -0.39 is 12.1 Å². The molecule has 5 nitrogen and oxygen atoms in total. The zero-order chi connectivity index (χ0) is 12.0. The van der Waals surface area contributed by atoms with Gasteiger partial charge in [0.25, 0.3) is 0 Å². The van der Waals surface area contributed by atoms with Crippen molar-refractivity contribution in [1.82, 2.24) is 4.90 Å². The minimum Gasteiger partial charge on any atom is -0.469 e.